The molecule has 19 heavy (non-hydrogen) atoms. The van der Waals surface area contributed by atoms with Crippen LogP contribution in [-0.2, 0) is 4.79 Å². The number of hydrogen-bond donors (Lipinski definition) is 2. The molecule has 2 aromatic heterocycles. The zero-order valence-electron chi connectivity index (χ0n) is 9.63. The number of amides is 1. The molecule has 7 heteroatoms. The van der Waals surface area contributed by atoms with Crippen LogP contribution in [0.5, 0.6) is 0 Å². The third-order valence-corrected chi connectivity index (χ3v) is 3.78. The molecule has 0 fully saturated rings. The Bertz CT molecular complexity index is 578. The lowest BCUT2D eigenvalue weighted by atomic mass is 10.1. The molecule has 0 radical (unpaired) electrons. The molecule has 0 bridgehead atoms. The molecule has 0 aromatic carbocycles. The number of carboxylic acid groups (broad SMARTS) is 1. The summed E-state index contributed by atoms with van der Waals surface area (Å²) in [6.07, 6.45) is -0.172. The lowest BCUT2D eigenvalue weighted by Gasteiger charge is -2.14. The molecule has 0 aliphatic carbocycles. The average Bonchev–Trinajstić information content (AvgIpc) is 2.97. The van der Waals surface area contributed by atoms with Crippen LogP contribution in [0.3, 0.4) is 0 Å². The zero-order chi connectivity index (χ0) is 13.8. The molecule has 0 aliphatic heterocycles. The van der Waals surface area contributed by atoms with Gasteiger partial charge in [0, 0.05) is 4.88 Å². The first-order valence-electron chi connectivity index (χ1n) is 5.37. The van der Waals surface area contributed by atoms with E-state index in [4.69, 9.17) is 9.52 Å². The number of hydrogen-bond acceptors (Lipinski definition) is 4. The van der Waals surface area contributed by atoms with Crippen molar-refractivity contribution < 1.29 is 19.1 Å². The minimum Gasteiger partial charge on any atom is -0.481 e. The molecule has 2 aromatic rings. The molecule has 5 nitrogen and oxygen atoms in total. The van der Waals surface area contributed by atoms with E-state index in [0.29, 0.717) is 4.67 Å². The monoisotopic (exact) mass is 343 g/mol. The van der Waals surface area contributed by atoms with Gasteiger partial charge in [-0.1, -0.05) is 6.07 Å². The van der Waals surface area contributed by atoms with E-state index in [1.807, 2.05) is 11.4 Å². The van der Waals surface area contributed by atoms with Crippen LogP contribution in [0.15, 0.2) is 38.7 Å². The second-order valence-electron chi connectivity index (χ2n) is 3.74. The highest BCUT2D eigenvalue weighted by Crippen LogP contribution is 2.23. The second kappa shape index (κ2) is 6.03. The number of carbonyl (C=O) groups excluding carboxylic acids is 1. The smallest absolute Gasteiger partial charge is 0.305 e. The molecular formula is C12H10BrNO4S. The molecule has 2 N–H and O–H groups in total. The predicted octanol–water partition coefficient (Wildman–Crippen LogP) is 3.05. The number of nitrogens with one attached hydrogen (secondary N) is 1. The van der Waals surface area contributed by atoms with Crippen LogP contribution in [0, 0.1) is 0 Å². The summed E-state index contributed by atoms with van der Waals surface area (Å²) in [6, 6.07) is 6.16. The van der Waals surface area contributed by atoms with E-state index >= 15 is 0 Å². The van der Waals surface area contributed by atoms with Crippen LogP contribution in [0.2, 0.25) is 0 Å². The molecular weight excluding hydrogens is 334 g/mol. The maximum atomic E-state index is 11.9. The minimum atomic E-state index is -0.973. The first kappa shape index (κ1) is 13.8. The molecule has 1 amide bonds. The van der Waals surface area contributed by atoms with Crippen LogP contribution >= 0.6 is 27.3 Å². The van der Waals surface area contributed by atoms with Crippen molar-refractivity contribution in [2.75, 3.05) is 0 Å². The number of furan rings is 1. The minimum absolute atomic E-state index is 0.138. The van der Waals surface area contributed by atoms with Crippen molar-refractivity contribution >= 4 is 39.1 Å². The first-order chi connectivity index (χ1) is 9.06. The predicted molar refractivity (Wildman–Crippen MR) is 73.2 cm³/mol. The van der Waals surface area contributed by atoms with Crippen molar-refractivity contribution in [3.05, 3.63) is 45.0 Å². The fourth-order valence-electron chi connectivity index (χ4n) is 1.55. The Morgan fingerprint density at radius 3 is 2.74 bits per heavy atom. The highest BCUT2D eigenvalue weighted by Gasteiger charge is 2.21. The van der Waals surface area contributed by atoms with E-state index in [2.05, 4.69) is 21.2 Å². The lowest BCUT2D eigenvalue weighted by Crippen LogP contribution is -2.29. The van der Waals surface area contributed by atoms with Gasteiger partial charge in [-0.15, -0.1) is 11.3 Å². The highest BCUT2D eigenvalue weighted by molar-refractivity contribution is 9.10. The molecule has 2 heterocycles. The van der Waals surface area contributed by atoms with Gasteiger partial charge in [0.15, 0.2) is 10.4 Å². The topological polar surface area (TPSA) is 79.5 Å². The Kier molecular flexibility index (Phi) is 4.39. The number of carboxylic acids is 1. The van der Waals surface area contributed by atoms with Crippen LogP contribution in [-0.4, -0.2) is 17.0 Å². The van der Waals surface area contributed by atoms with Crippen LogP contribution in [0.4, 0.5) is 0 Å². The zero-order valence-corrected chi connectivity index (χ0v) is 12.0. The van der Waals surface area contributed by atoms with Gasteiger partial charge in [0.1, 0.15) is 0 Å². The maximum Gasteiger partial charge on any atom is 0.305 e. The van der Waals surface area contributed by atoms with Gasteiger partial charge in [-0.05, 0) is 39.5 Å². The van der Waals surface area contributed by atoms with Crippen molar-refractivity contribution in [1.29, 1.82) is 0 Å². The van der Waals surface area contributed by atoms with Gasteiger partial charge < -0.3 is 14.8 Å². The average molecular weight is 344 g/mol. The third kappa shape index (κ3) is 3.68. The summed E-state index contributed by atoms with van der Waals surface area (Å²) in [7, 11) is 0. The summed E-state index contributed by atoms with van der Waals surface area (Å²) < 4.78 is 5.58. The third-order valence-electron chi connectivity index (χ3n) is 2.37. The molecule has 0 saturated heterocycles. The summed E-state index contributed by atoms with van der Waals surface area (Å²) in [5.41, 5.74) is 0. The molecule has 100 valence electrons. The van der Waals surface area contributed by atoms with Gasteiger partial charge >= 0.3 is 5.97 Å². The Labute approximate surface area is 121 Å². The molecule has 0 unspecified atom stereocenters. The summed E-state index contributed by atoms with van der Waals surface area (Å²) in [5.74, 6) is -1.27. The number of thiophene rings is 1. The van der Waals surface area contributed by atoms with Crippen molar-refractivity contribution in [3.63, 3.8) is 0 Å². The van der Waals surface area contributed by atoms with Crippen LogP contribution < -0.4 is 5.32 Å². The molecule has 0 aliphatic rings. The Hall–Kier alpha value is -1.60. The van der Waals surface area contributed by atoms with E-state index in [9.17, 15) is 9.59 Å². The fourth-order valence-corrected chi connectivity index (χ4v) is 2.64. The van der Waals surface area contributed by atoms with Gasteiger partial charge in [0.2, 0.25) is 0 Å². The number of halogens is 1. The lowest BCUT2D eigenvalue weighted by molar-refractivity contribution is -0.137. The Balaban J connectivity index is 2.12. The van der Waals surface area contributed by atoms with Crippen molar-refractivity contribution in [1.82, 2.24) is 5.32 Å². The normalized spacial score (nSPS) is 12.1. The van der Waals surface area contributed by atoms with E-state index in [0.717, 1.165) is 4.88 Å². The van der Waals surface area contributed by atoms with Crippen LogP contribution in [0.25, 0.3) is 0 Å². The SMILES string of the molecule is O=C(O)C[C@@H](NC(=O)c1ccc(Br)o1)c1cccs1. The van der Waals surface area contributed by atoms with Gasteiger partial charge in [0.05, 0.1) is 12.5 Å². The van der Waals surface area contributed by atoms with Crippen molar-refractivity contribution in [2.24, 2.45) is 0 Å². The number of aliphatic carboxylic acids is 1. The number of carbonyl (C=O) groups is 2. The highest BCUT2D eigenvalue weighted by atomic mass is 79.9. The van der Waals surface area contributed by atoms with Gasteiger partial charge in [-0.2, -0.15) is 0 Å². The summed E-state index contributed by atoms with van der Waals surface area (Å²) in [4.78, 5) is 23.6. The standard InChI is InChI=1S/C12H10BrNO4S/c13-10-4-3-8(18-10)12(17)14-7(6-11(15)16)9-2-1-5-19-9/h1-5,7H,6H2,(H,14,17)(H,15,16)/t7-/m1/s1. The first-order valence-corrected chi connectivity index (χ1v) is 7.05. The van der Waals surface area contributed by atoms with E-state index in [1.54, 1.807) is 12.1 Å². The Morgan fingerprint density at radius 2 is 2.21 bits per heavy atom. The molecule has 1 atom stereocenters. The molecule has 0 spiro atoms. The van der Waals surface area contributed by atoms with Gasteiger partial charge in [-0.25, -0.2) is 0 Å². The van der Waals surface area contributed by atoms with Crippen molar-refractivity contribution in [3.8, 4) is 0 Å². The maximum absolute atomic E-state index is 11.9. The molecule has 2 rings (SSSR count). The van der Waals surface area contributed by atoms with E-state index < -0.39 is 17.9 Å². The summed E-state index contributed by atoms with van der Waals surface area (Å²) >= 11 is 4.50. The Morgan fingerprint density at radius 1 is 1.42 bits per heavy atom. The largest absolute Gasteiger partial charge is 0.481 e. The van der Waals surface area contributed by atoms with Gasteiger partial charge in [-0.3, -0.25) is 9.59 Å². The van der Waals surface area contributed by atoms with Crippen LogP contribution in [0.1, 0.15) is 27.9 Å². The second-order valence-corrected chi connectivity index (χ2v) is 5.50. The van der Waals surface area contributed by atoms with E-state index in [-0.39, 0.29) is 12.2 Å². The van der Waals surface area contributed by atoms with E-state index in [1.165, 1.54) is 17.4 Å². The number of rotatable bonds is 5. The molecule has 0 saturated carbocycles. The summed E-state index contributed by atoms with van der Waals surface area (Å²) in [5, 5.41) is 13.4. The quantitative estimate of drug-likeness (QED) is 0.874. The fraction of sp³-hybridized carbons (Fsp3) is 0.167. The van der Waals surface area contributed by atoms with Crippen molar-refractivity contribution in [2.45, 2.75) is 12.5 Å². The van der Waals surface area contributed by atoms with Gasteiger partial charge in [0.25, 0.3) is 5.91 Å². The summed E-state index contributed by atoms with van der Waals surface area (Å²) in [6.45, 7) is 0.